The predicted octanol–water partition coefficient (Wildman–Crippen LogP) is 2.07. The third kappa shape index (κ3) is 0.994. The number of imidazole rings is 1. The van der Waals surface area contributed by atoms with Crippen LogP contribution in [0, 0.1) is 0 Å². The van der Waals surface area contributed by atoms with E-state index in [0.29, 0.717) is 5.88 Å². The molecule has 0 saturated carbocycles. The van der Waals surface area contributed by atoms with Crippen molar-refractivity contribution in [1.29, 1.82) is 0 Å². The summed E-state index contributed by atoms with van der Waals surface area (Å²) in [5.74, 6) is 0.473. The highest BCUT2D eigenvalue weighted by molar-refractivity contribution is 6.17. The number of alkyl halides is 1. The van der Waals surface area contributed by atoms with Crippen molar-refractivity contribution in [3.8, 4) is 0 Å². The molecule has 0 bridgehead atoms. The molecule has 0 atom stereocenters. The lowest BCUT2D eigenvalue weighted by molar-refractivity contribution is 1.15. The Kier molecular flexibility index (Phi) is 1.55. The van der Waals surface area contributed by atoms with E-state index >= 15 is 0 Å². The van der Waals surface area contributed by atoms with Crippen LogP contribution in [0.4, 0.5) is 0 Å². The second-order valence-corrected chi connectivity index (χ2v) is 2.59. The SMILES string of the molecule is ClCc1ncn2ccccc12. The number of hydrogen-bond acceptors (Lipinski definition) is 1. The molecule has 2 aromatic rings. The first-order valence-electron chi connectivity index (χ1n) is 3.38. The fraction of sp³-hybridized carbons (Fsp3) is 0.125. The Balaban J connectivity index is 2.76. The second-order valence-electron chi connectivity index (χ2n) is 2.32. The molecule has 0 aromatic carbocycles. The van der Waals surface area contributed by atoms with E-state index in [1.165, 1.54) is 0 Å². The summed E-state index contributed by atoms with van der Waals surface area (Å²) in [6, 6.07) is 5.95. The van der Waals surface area contributed by atoms with Gasteiger partial charge in [0.15, 0.2) is 0 Å². The van der Waals surface area contributed by atoms with E-state index < -0.39 is 0 Å². The Hall–Kier alpha value is -1.02. The van der Waals surface area contributed by atoms with Gasteiger partial charge in [0.25, 0.3) is 0 Å². The van der Waals surface area contributed by atoms with Crippen molar-refractivity contribution in [3.63, 3.8) is 0 Å². The van der Waals surface area contributed by atoms with Crippen LogP contribution < -0.4 is 0 Å². The lowest BCUT2D eigenvalue weighted by Crippen LogP contribution is -1.80. The molecule has 0 amide bonds. The van der Waals surface area contributed by atoms with Crippen molar-refractivity contribution in [2.45, 2.75) is 5.88 Å². The number of rotatable bonds is 1. The van der Waals surface area contributed by atoms with Gasteiger partial charge in [-0.05, 0) is 12.1 Å². The second kappa shape index (κ2) is 2.55. The first kappa shape index (κ1) is 6.68. The number of nitrogens with zero attached hydrogens (tertiary/aromatic N) is 2. The minimum atomic E-state index is 0.473. The molecule has 2 heterocycles. The van der Waals surface area contributed by atoms with Gasteiger partial charge in [0.2, 0.25) is 0 Å². The lowest BCUT2D eigenvalue weighted by Gasteiger charge is -1.91. The zero-order chi connectivity index (χ0) is 7.68. The Morgan fingerprint density at radius 1 is 1.45 bits per heavy atom. The molecule has 0 saturated heterocycles. The normalized spacial score (nSPS) is 10.6. The number of fused-ring (bicyclic) bond motifs is 1. The maximum atomic E-state index is 5.67. The van der Waals surface area contributed by atoms with Gasteiger partial charge in [-0.15, -0.1) is 11.6 Å². The highest BCUT2D eigenvalue weighted by atomic mass is 35.5. The van der Waals surface area contributed by atoms with Gasteiger partial charge in [-0.2, -0.15) is 0 Å². The van der Waals surface area contributed by atoms with Crippen LogP contribution in [0.3, 0.4) is 0 Å². The topological polar surface area (TPSA) is 17.3 Å². The summed E-state index contributed by atoms with van der Waals surface area (Å²) in [6.45, 7) is 0. The zero-order valence-electron chi connectivity index (χ0n) is 5.87. The molecular weight excluding hydrogens is 160 g/mol. The fourth-order valence-corrected chi connectivity index (χ4v) is 1.31. The Labute approximate surface area is 69.4 Å². The van der Waals surface area contributed by atoms with Crippen LogP contribution in [0.1, 0.15) is 5.69 Å². The molecule has 0 aliphatic heterocycles. The summed E-state index contributed by atoms with van der Waals surface area (Å²) >= 11 is 5.67. The summed E-state index contributed by atoms with van der Waals surface area (Å²) < 4.78 is 1.96. The van der Waals surface area contributed by atoms with E-state index in [4.69, 9.17) is 11.6 Å². The third-order valence-corrected chi connectivity index (χ3v) is 1.90. The predicted molar refractivity (Wildman–Crippen MR) is 44.7 cm³/mol. The summed E-state index contributed by atoms with van der Waals surface area (Å²) in [6.07, 6.45) is 3.73. The molecule has 0 spiro atoms. The van der Waals surface area contributed by atoms with Crippen molar-refractivity contribution >= 4 is 17.1 Å². The van der Waals surface area contributed by atoms with E-state index in [2.05, 4.69) is 4.98 Å². The Bertz CT molecular complexity index is 367. The van der Waals surface area contributed by atoms with Crippen molar-refractivity contribution < 1.29 is 0 Å². The van der Waals surface area contributed by atoms with E-state index in [1.54, 1.807) is 6.33 Å². The van der Waals surface area contributed by atoms with Gasteiger partial charge in [0.1, 0.15) is 0 Å². The maximum Gasteiger partial charge on any atom is 0.0995 e. The van der Waals surface area contributed by atoms with Crippen LogP contribution in [0.2, 0.25) is 0 Å². The molecule has 11 heavy (non-hydrogen) atoms. The van der Waals surface area contributed by atoms with Crippen LogP contribution in [0.15, 0.2) is 30.7 Å². The van der Waals surface area contributed by atoms with Crippen molar-refractivity contribution in [2.75, 3.05) is 0 Å². The maximum absolute atomic E-state index is 5.67. The highest BCUT2D eigenvalue weighted by Crippen LogP contribution is 2.10. The van der Waals surface area contributed by atoms with Crippen molar-refractivity contribution in [3.05, 3.63) is 36.4 Å². The number of pyridine rings is 1. The van der Waals surface area contributed by atoms with Crippen molar-refractivity contribution in [1.82, 2.24) is 9.38 Å². The lowest BCUT2D eigenvalue weighted by atomic mass is 10.3. The first-order chi connectivity index (χ1) is 5.42. The van der Waals surface area contributed by atoms with Gasteiger partial charge >= 0.3 is 0 Å². The van der Waals surface area contributed by atoms with Crippen LogP contribution >= 0.6 is 11.6 Å². The molecule has 0 radical (unpaired) electrons. The van der Waals surface area contributed by atoms with Crippen LogP contribution in [0.5, 0.6) is 0 Å². The summed E-state index contributed by atoms with van der Waals surface area (Å²) in [7, 11) is 0. The molecule has 0 aliphatic rings. The molecule has 56 valence electrons. The van der Waals surface area contributed by atoms with Crippen LogP contribution in [-0.2, 0) is 5.88 Å². The average Bonchev–Trinajstić information content (AvgIpc) is 2.47. The fourth-order valence-electron chi connectivity index (χ4n) is 1.10. The van der Waals surface area contributed by atoms with Gasteiger partial charge in [-0.1, -0.05) is 6.07 Å². The molecule has 2 aromatic heterocycles. The molecule has 2 rings (SSSR count). The smallest absolute Gasteiger partial charge is 0.0995 e. The Morgan fingerprint density at radius 3 is 3.18 bits per heavy atom. The van der Waals surface area contributed by atoms with Gasteiger partial charge in [0, 0.05) is 6.20 Å². The Morgan fingerprint density at radius 2 is 2.36 bits per heavy atom. The third-order valence-electron chi connectivity index (χ3n) is 1.65. The monoisotopic (exact) mass is 166 g/mol. The van der Waals surface area contributed by atoms with Gasteiger partial charge in [0.05, 0.1) is 23.4 Å². The van der Waals surface area contributed by atoms with E-state index in [-0.39, 0.29) is 0 Å². The van der Waals surface area contributed by atoms with Crippen LogP contribution in [-0.4, -0.2) is 9.38 Å². The minimum absolute atomic E-state index is 0.473. The molecule has 0 fully saturated rings. The van der Waals surface area contributed by atoms with Gasteiger partial charge in [-0.25, -0.2) is 4.98 Å². The summed E-state index contributed by atoms with van der Waals surface area (Å²) in [5, 5.41) is 0. The summed E-state index contributed by atoms with van der Waals surface area (Å²) in [5.41, 5.74) is 2.02. The molecule has 0 N–H and O–H groups in total. The minimum Gasteiger partial charge on any atom is -0.306 e. The first-order valence-corrected chi connectivity index (χ1v) is 3.92. The number of hydrogen-bond donors (Lipinski definition) is 0. The molecule has 0 unspecified atom stereocenters. The quantitative estimate of drug-likeness (QED) is 0.593. The van der Waals surface area contributed by atoms with Gasteiger partial charge in [-0.3, -0.25) is 0 Å². The molecule has 0 aliphatic carbocycles. The van der Waals surface area contributed by atoms with E-state index in [9.17, 15) is 0 Å². The van der Waals surface area contributed by atoms with Crippen LogP contribution in [0.25, 0.3) is 5.52 Å². The average molecular weight is 167 g/mol. The summed E-state index contributed by atoms with van der Waals surface area (Å²) in [4.78, 5) is 4.14. The molecular formula is C8H7ClN2. The van der Waals surface area contributed by atoms with Gasteiger partial charge < -0.3 is 4.40 Å². The molecule has 3 heteroatoms. The van der Waals surface area contributed by atoms with Crippen molar-refractivity contribution in [2.24, 2.45) is 0 Å². The number of aromatic nitrogens is 2. The largest absolute Gasteiger partial charge is 0.306 e. The standard InChI is InChI=1S/C8H7ClN2/c9-5-7-8-3-1-2-4-11(8)6-10-7/h1-4,6H,5H2. The molecule has 2 nitrogen and oxygen atoms in total. The van der Waals surface area contributed by atoms with E-state index in [0.717, 1.165) is 11.2 Å². The van der Waals surface area contributed by atoms with E-state index in [1.807, 2.05) is 28.8 Å². The number of halogens is 1. The highest BCUT2D eigenvalue weighted by Gasteiger charge is 1.99. The zero-order valence-corrected chi connectivity index (χ0v) is 6.62.